The van der Waals surface area contributed by atoms with Crippen molar-refractivity contribution in [3.05, 3.63) is 59.2 Å². The van der Waals surface area contributed by atoms with Crippen LogP contribution in [-0.4, -0.2) is 30.1 Å². The van der Waals surface area contributed by atoms with E-state index in [9.17, 15) is 4.79 Å². The fourth-order valence-electron chi connectivity index (χ4n) is 4.03. The first-order valence-corrected chi connectivity index (χ1v) is 10.8. The van der Waals surface area contributed by atoms with Gasteiger partial charge in [-0.05, 0) is 54.2 Å². The maximum absolute atomic E-state index is 12.8. The Labute approximate surface area is 181 Å². The lowest BCUT2D eigenvalue weighted by atomic mass is 9.87. The minimum absolute atomic E-state index is 0.0134. The number of hydrogen-bond donors (Lipinski definition) is 2. The summed E-state index contributed by atoms with van der Waals surface area (Å²) in [4.78, 5) is 16.1. The van der Waals surface area contributed by atoms with Crippen LogP contribution in [0, 0.1) is 5.92 Å². The highest BCUT2D eigenvalue weighted by molar-refractivity contribution is 6.31. The van der Waals surface area contributed by atoms with Crippen molar-refractivity contribution in [1.29, 1.82) is 0 Å². The minimum Gasteiger partial charge on any atom is -0.486 e. The molecule has 3 aromatic rings. The third-order valence-corrected chi connectivity index (χ3v) is 5.63. The molecular formula is C24H27ClN2O3. The molecule has 30 heavy (non-hydrogen) atoms. The number of H-pyrrole nitrogens is 1. The van der Waals surface area contributed by atoms with Gasteiger partial charge in [-0.15, -0.1) is 0 Å². The van der Waals surface area contributed by atoms with E-state index in [1.807, 2.05) is 48.7 Å². The number of benzene rings is 2. The molecule has 0 saturated heterocycles. The summed E-state index contributed by atoms with van der Waals surface area (Å²) in [5.41, 5.74) is 2.18. The molecule has 0 aliphatic carbocycles. The van der Waals surface area contributed by atoms with E-state index in [2.05, 4.69) is 24.1 Å². The summed E-state index contributed by atoms with van der Waals surface area (Å²) in [6, 6.07) is 13.4. The van der Waals surface area contributed by atoms with Crippen LogP contribution in [0.4, 0.5) is 0 Å². The summed E-state index contributed by atoms with van der Waals surface area (Å²) >= 11 is 6.22. The van der Waals surface area contributed by atoms with Gasteiger partial charge in [0, 0.05) is 28.5 Å². The molecular weight excluding hydrogens is 400 g/mol. The number of carbonyl (C=O) groups is 1. The molecule has 0 unspecified atom stereocenters. The molecule has 0 bridgehead atoms. The fraction of sp³-hybridized carbons (Fsp3) is 0.375. The van der Waals surface area contributed by atoms with Crippen LogP contribution in [0.2, 0.25) is 5.02 Å². The Bertz CT molecular complexity index is 1030. The van der Waals surface area contributed by atoms with E-state index in [1.54, 1.807) is 0 Å². The van der Waals surface area contributed by atoms with Crippen LogP contribution < -0.4 is 14.8 Å². The number of nitrogens with one attached hydrogen (secondary N) is 2. The molecule has 6 heteroatoms. The number of para-hydroxylation sites is 2. The Morgan fingerprint density at radius 2 is 2.03 bits per heavy atom. The topological polar surface area (TPSA) is 63.4 Å². The van der Waals surface area contributed by atoms with Crippen LogP contribution in [0.3, 0.4) is 0 Å². The van der Waals surface area contributed by atoms with E-state index in [0.29, 0.717) is 30.5 Å². The number of ether oxygens (including phenoxy) is 2. The summed E-state index contributed by atoms with van der Waals surface area (Å²) < 4.78 is 11.7. The van der Waals surface area contributed by atoms with Gasteiger partial charge >= 0.3 is 0 Å². The van der Waals surface area contributed by atoms with Crippen LogP contribution in [-0.2, 0) is 4.79 Å². The third-order valence-electron chi connectivity index (χ3n) is 5.40. The summed E-state index contributed by atoms with van der Waals surface area (Å²) in [5, 5.41) is 4.81. The average molecular weight is 427 g/mol. The second kappa shape index (κ2) is 9.00. The fourth-order valence-corrected chi connectivity index (χ4v) is 4.20. The van der Waals surface area contributed by atoms with Crippen LogP contribution in [0.1, 0.15) is 38.2 Å². The molecule has 5 nitrogen and oxygen atoms in total. The van der Waals surface area contributed by atoms with Gasteiger partial charge in [-0.1, -0.05) is 37.6 Å². The Balaban J connectivity index is 1.41. The molecule has 4 rings (SSSR count). The van der Waals surface area contributed by atoms with Gasteiger partial charge in [0.1, 0.15) is 12.7 Å². The number of halogens is 1. The zero-order valence-corrected chi connectivity index (χ0v) is 18.0. The average Bonchev–Trinajstić information content (AvgIpc) is 3.14. The standard InChI is InChI=1S/C24H27ClN2O3/c1-15(2)9-16(20-13-26-21-8-7-17(25)11-19(20)21)10-24(28)27-12-18-14-29-22-5-3-4-6-23(22)30-18/h3-8,11,13,15-16,18,26H,9-10,12,14H2,1-2H3,(H,27,28)/t16-,18-/m0/s1. The molecule has 2 N–H and O–H groups in total. The van der Waals surface area contributed by atoms with Gasteiger partial charge in [0.05, 0.1) is 6.54 Å². The maximum atomic E-state index is 12.8. The number of fused-ring (bicyclic) bond motifs is 2. The highest BCUT2D eigenvalue weighted by atomic mass is 35.5. The van der Waals surface area contributed by atoms with Crippen LogP contribution in [0.15, 0.2) is 48.7 Å². The van der Waals surface area contributed by atoms with Gasteiger partial charge in [-0.2, -0.15) is 0 Å². The van der Waals surface area contributed by atoms with Crippen LogP contribution >= 0.6 is 11.6 Å². The molecule has 2 atom stereocenters. The number of hydrogen-bond acceptors (Lipinski definition) is 3. The van der Waals surface area contributed by atoms with E-state index < -0.39 is 0 Å². The SMILES string of the molecule is CC(C)C[C@@H](CC(=O)NC[C@H]1COc2ccccc2O1)c1c[nH]c2ccc(Cl)cc12. The van der Waals surface area contributed by atoms with Gasteiger partial charge < -0.3 is 19.8 Å². The second-order valence-corrected chi connectivity index (χ2v) is 8.70. The van der Waals surface area contributed by atoms with Crippen LogP contribution in [0.25, 0.3) is 10.9 Å². The zero-order valence-electron chi connectivity index (χ0n) is 17.3. The van der Waals surface area contributed by atoms with E-state index in [4.69, 9.17) is 21.1 Å². The van der Waals surface area contributed by atoms with Crippen molar-refractivity contribution in [2.75, 3.05) is 13.2 Å². The van der Waals surface area contributed by atoms with E-state index in [0.717, 1.165) is 34.4 Å². The molecule has 2 aromatic carbocycles. The minimum atomic E-state index is -0.195. The Kier molecular flexibility index (Phi) is 6.18. The number of amides is 1. The summed E-state index contributed by atoms with van der Waals surface area (Å²) in [6.45, 7) is 5.20. The van der Waals surface area contributed by atoms with Crippen LogP contribution in [0.5, 0.6) is 11.5 Å². The second-order valence-electron chi connectivity index (χ2n) is 8.27. The molecule has 0 saturated carbocycles. The number of carbonyl (C=O) groups excluding carboxylic acids is 1. The van der Waals surface area contributed by atoms with E-state index in [1.165, 1.54) is 0 Å². The van der Waals surface area contributed by atoms with E-state index in [-0.39, 0.29) is 17.9 Å². The molecule has 1 aromatic heterocycles. The van der Waals surface area contributed by atoms with Crippen molar-refractivity contribution in [3.8, 4) is 11.5 Å². The summed E-state index contributed by atoms with van der Waals surface area (Å²) in [6.07, 6.45) is 3.15. The van der Waals surface area contributed by atoms with Crippen molar-refractivity contribution < 1.29 is 14.3 Å². The van der Waals surface area contributed by atoms with Crippen molar-refractivity contribution in [1.82, 2.24) is 10.3 Å². The van der Waals surface area contributed by atoms with Crippen molar-refractivity contribution in [2.45, 2.75) is 38.7 Å². The lowest BCUT2D eigenvalue weighted by Gasteiger charge is -2.27. The zero-order chi connectivity index (χ0) is 21.1. The number of aromatic amines is 1. The Morgan fingerprint density at radius 1 is 1.23 bits per heavy atom. The molecule has 1 aliphatic heterocycles. The monoisotopic (exact) mass is 426 g/mol. The predicted molar refractivity (Wildman–Crippen MR) is 119 cm³/mol. The number of rotatable bonds is 7. The van der Waals surface area contributed by atoms with Crippen molar-refractivity contribution in [3.63, 3.8) is 0 Å². The number of aromatic nitrogens is 1. The lowest BCUT2D eigenvalue weighted by molar-refractivity contribution is -0.122. The smallest absolute Gasteiger partial charge is 0.220 e. The predicted octanol–water partition coefficient (Wildman–Crippen LogP) is 5.30. The largest absolute Gasteiger partial charge is 0.486 e. The van der Waals surface area contributed by atoms with Gasteiger partial charge in [0.2, 0.25) is 5.91 Å². The summed E-state index contributed by atoms with van der Waals surface area (Å²) in [7, 11) is 0. The van der Waals surface area contributed by atoms with Crippen molar-refractivity contribution in [2.24, 2.45) is 5.92 Å². The Morgan fingerprint density at radius 3 is 2.83 bits per heavy atom. The molecule has 1 aliphatic rings. The molecule has 1 amide bonds. The van der Waals surface area contributed by atoms with Gasteiger partial charge in [-0.25, -0.2) is 0 Å². The Hall–Kier alpha value is -2.66. The molecule has 2 heterocycles. The first kappa shape index (κ1) is 20.6. The van der Waals surface area contributed by atoms with Gasteiger partial charge in [-0.3, -0.25) is 4.79 Å². The highest BCUT2D eigenvalue weighted by Crippen LogP contribution is 2.34. The quantitative estimate of drug-likeness (QED) is 0.539. The van der Waals surface area contributed by atoms with E-state index >= 15 is 0 Å². The normalized spacial score (nSPS) is 16.6. The molecule has 0 radical (unpaired) electrons. The maximum Gasteiger partial charge on any atom is 0.220 e. The lowest BCUT2D eigenvalue weighted by Crippen LogP contribution is -2.41. The molecule has 158 valence electrons. The first-order chi connectivity index (χ1) is 14.5. The van der Waals surface area contributed by atoms with Crippen molar-refractivity contribution >= 4 is 28.4 Å². The summed E-state index contributed by atoms with van der Waals surface area (Å²) in [5.74, 6) is 2.06. The molecule has 0 spiro atoms. The highest BCUT2D eigenvalue weighted by Gasteiger charge is 2.24. The van der Waals surface area contributed by atoms with Gasteiger partial charge in [0.25, 0.3) is 0 Å². The third kappa shape index (κ3) is 4.73. The first-order valence-electron chi connectivity index (χ1n) is 10.4. The molecule has 0 fully saturated rings. The van der Waals surface area contributed by atoms with Gasteiger partial charge in [0.15, 0.2) is 11.5 Å².